The summed E-state index contributed by atoms with van der Waals surface area (Å²) in [5.74, 6) is -0.178. The van der Waals surface area contributed by atoms with Crippen LogP contribution in [0.15, 0.2) is 48.9 Å². The van der Waals surface area contributed by atoms with Crippen molar-refractivity contribution in [2.45, 2.75) is 19.5 Å². The van der Waals surface area contributed by atoms with Gasteiger partial charge in [-0.1, -0.05) is 6.07 Å². The Morgan fingerprint density at radius 3 is 3.00 bits per heavy atom. The third-order valence-electron chi connectivity index (χ3n) is 3.55. The van der Waals surface area contributed by atoms with E-state index in [0.717, 1.165) is 16.8 Å². The number of nitrogens with one attached hydrogen (secondary N) is 1. The van der Waals surface area contributed by atoms with Crippen molar-refractivity contribution in [3.05, 3.63) is 65.7 Å². The smallest absolute Gasteiger partial charge is 0.255 e. The lowest BCUT2D eigenvalue weighted by molar-refractivity contribution is 0.0941. The van der Waals surface area contributed by atoms with Crippen LogP contribution >= 0.6 is 0 Å². The molecule has 0 aliphatic rings. The van der Waals surface area contributed by atoms with Crippen molar-refractivity contribution in [1.29, 1.82) is 0 Å². The molecule has 3 aromatic rings. The van der Waals surface area contributed by atoms with E-state index in [2.05, 4.69) is 15.4 Å². The van der Waals surface area contributed by atoms with Gasteiger partial charge in [0.15, 0.2) is 0 Å². The summed E-state index contributed by atoms with van der Waals surface area (Å²) in [7, 11) is 0. The molecule has 0 saturated heterocycles. The van der Waals surface area contributed by atoms with E-state index in [4.69, 9.17) is 5.73 Å². The van der Waals surface area contributed by atoms with Crippen LogP contribution < -0.4 is 11.1 Å². The number of hydrogen-bond acceptors (Lipinski definition) is 4. The van der Waals surface area contributed by atoms with Gasteiger partial charge in [-0.3, -0.25) is 9.78 Å². The van der Waals surface area contributed by atoms with Gasteiger partial charge in [-0.05, 0) is 36.8 Å². The second-order valence-corrected chi connectivity index (χ2v) is 5.08. The highest BCUT2D eigenvalue weighted by Gasteiger charge is 2.16. The minimum absolute atomic E-state index is 0.178. The standard InChI is InChI=1S/C16H17N5O/c1-11(14-4-2-3-6-18-14)20-16(22)13-10-19-21-7-5-12(9-17)8-15(13)21/h2-8,10-11H,9,17H2,1H3,(H,20,22). The van der Waals surface area contributed by atoms with Crippen LogP contribution in [0.25, 0.3) is 5.52 Å². The van der Waals surface area contributed by atoms with Crippen LogP contribution in [0.5, 0.6) is 0 Å². The van der Waals surface area contributed by atoms with Gasteiger partial charge in [0, 0.05) is 18.9 Å². The Balaban J connectivity index is 1.86. The summed E-state index contributed by atoms with van der Waals surface area (Å²) in [6.45, 7) is 2.32. The molecule has 0 fully saturated rings. The van der Waals surface area contributed by atoms with Crippen LogP contribution in [0.3, 0.4) is 0 Å². The minimum Gasteiger partial charge on any atom is -0.344 e. The number of nitrogens with two attached hydrogens (primary N) is 1. The van der Waals surface area contributed by atoms with E-state index in [0.29, 0.717) is 12.1 Å². The quantitative estimate of drug-likeness (QED) is 0.767. The van der Waals surface area contributed by atoms with Crippen LogP contribution in [0.4, 0.5) is 0 Å². The Bertz CT molecular complexity index is 797. The van der Waals surface area contributed by atoms with Crippen LogP contribution in [0.1, 0.15) is 34.6 Å². The number of rotatable bonds is 4. The average molecular weight is 295 g/mol. The Labute approximate surface area is 128 Å². The maximum atomic E-state index is 12.5. The van der Waals surface area contributed by atoms with Crippen LogP contribution in [0.2, 0.25) is 0 Å². The lowest BCUT2D eigenvalue weighted by Crippen LogP contribution is -2.27. The number of aromatic nitrogens is 3. The molecule has 112 valence electrons. The van der Waals surface area contributed by atoms with Crippen LogP contribution in [-0.2, 0) is 6.54 Å². The molecule has 0 aliphatic heterocycles. The van der Waals surface area contributed by atoms with E-state index in [1.54, 1.807) is 23.1 Å². The number of hydrogen-bond donors (Lipinski definition) is 2. The molecule has 0 aromatic carbocycles. The van der Waals surface area contributed by atoms with Gasteiger partial charge in [0.1, 0.15) is 0 Å². The third-order valence-corrected chi connectivity index (χ3v) is 3.55. The van der Waals surface area contributed by atoms with Crippen LogP contribution in [0, 0.1) is 0 Å². The normalized spacial score (nSPS) is 12.3. The molecule has 0 bridgehead atoms. The highest BCUT2D eigenvalue weighted by Crippen LogP contribution is 2.15. The van der Waals surface area contributed by atoms with Gasteiger partial charge in [-0.25, -0.2) is 4.52 Å². The molecule has 0 radical (unpaired) electrons. The van der Waals surface area contributed by atoms with E-state index in [-0.39, 0.29) is 11.9 Å². The number of pyridine rings is 2. The van der Waals surface area contributed by atoms with Gasteiger partial charge < -0.3 is 11.1 Å². The fraction of sp³-hybridized carbons (Fsp3) is 0.188. The van der Waals surface area contributed by atoms with Crippen molar-refractivity contribution >= 4 is 11.4 Å². The first kappa shape index (κ1) is 14.2. The van der Waals surface area contributed by atoms with E-state index in [1.165, 1.54) is 0 Å². The average Bonchev–Trinajstić information content (AvgIpc) is 2.98. The first-order chi connectivity index (χ1) is 10.7. The van der Waals surface area contributed by atoms with Crippen molar-refractivity contribution in [3.63, 3.8) is 0 Å². The first-order valence-corrected chi connectivity index (χ1v) is 7.07. The Hall–Kier alpha value is -2.73. The lowest BCUT2D eigenvalue weighted by Gasteiger charge is -2.12. The van der Waals surface area contributed by atoms with Crippen molar-refractivity contribution in [2.75, 3.05) is 0 Å². The van der Waals surface area contributed by atoms with E-state index in [1.807, 2.05) is 37.3 Å². The lowest BCUT2D eigenvalue weighted by atomic mass is 10.1. The number of carbonyl (C=O) groups excluding carboxylic acids is 1. The number of amides is 1. The summed E-state index contributed by atoms with van der Waals surface area (Å²) < 4.78 is 1.67. The first-order valence-electron chi connectivity index (χ1n) is 7.07. The second-order valence-electron chi connectivity index (χ2n) is 5.08. The van der Waals surface area contributed by atoms with Gasteiger partial charge in [0.05, 0.1) is 29.0 Å². The molecule has 1 unspecified atom stereocenters. The molecule has 22 heavy (non-hydrogen) atoms. The fourth-order valence-electron chi connectivity index (χ4n) is 2.31. The molecule has 0 saturated carbocycles. The highest BCUT2D eigenvalue weighted by atomic mass is 16.1. The molecule has 3 aromatic heterocycles. The summed E-state index contributed by atoms with van der Waals surface area (Å²) in [5.41, 5.74) is 8.70. The predicted molar refractivity (Wildman–Crippen MR) is 83.2 cm³/mol. The molecule has 3 N–H and O–H groups in total. The molecule has 0 aliphatic carbocycles. The zero-order valence-corrected chi connectivity index (χ0v) is 12.2. The minimum atomic E-state index is -0.179. The third kappa shape index (κ3) is 2.68. The molecule has 3 rings (SSSR count). The van der Waals surface area contributed by atoms with Crippen molar-refractivity contribution < 1.29 is 4.79 Å². The summed E-state index contributed by atoms with van der Waals surface area (Å²) in [6.07, 6.45) is 5.08. The Kier molecular flexibility index (Phi) is 3.84. The molecule has 6 nitrogen and oxygen atoms in total. The maximum absolute atomic E-state index is 12.5. The SMILES string of the molecule is CC(NC(=O)c1cnn2ccc(CN)cc12)c1ccccn1. The molecule has 3 heterocycles. The molecular weight excluding hydrogens is 278 g/mol. The van der Waals surface area contributed by atoms with E-state index >= 15 is 0 Å². The topological polar surface area (TPSA) is 85.3 Å². The number of carbonyl (C=O) groups is 1. The predicted octanol–water partition coefficient (Wildman–Crippen LogP) is 1.68. The molecule has 6 heteroatoms. The van der Waals surface area contributed by atoms with Crippen molar-refractivity contribution in [1.82, 2.24) is 19.9 Å². The number of nitrogens with zero attached hydrogens (tertiary/aromatic N) is 3. The van der Waals surface area contributed by atoms with E-state index in [9.17, 15) is 4.79 Å². The molecular formula is C16H17N5O. The van der Waals surface area contributed by atoms with Crippen LogP contribution in [-0.4, -0.2) is 20.5 Å². The van der Waals surface area contributed by atoms with Crippen molar-refractivity contribution in [2.24, 2.45) is 5.73 Å². The Morgan fingerprint density at radius 2 is 2.27 bits per heavy atom. The van der Waals surface area contributed by atoms with Gasteiger partial charge in [-0.15, -0.1) is 0 Å². The Morgan fingerprint density at radius 1 is 1.41 bits per heavy atom. The summed E-state index contributed by atoms with van der Waals surface area (Å²) in [4.78, 5) is 16.7. The second kappa shape index (κ2) is 5.95. The van der Waals surface area contributed by atoms with Crippen molar-refractivity contribution in [3.8, 4) is 0 Å². The van der Waals surface area contributed by atoms with Gasteiger partial charge in [0.25, 0.3) is 5.91 Å². The van der Waals surface area contributed by atoms with Gasteiger partial charge in [0.2, 0.25) is 0 Å². The maximum Gasteiger partial charge on any atom is 0.255 e. The molecule has 1 amide bonds. The van der Waals surface area contributed by atoms with Gasteiger partial charge >= 0.3 is 0 Å². The monoisotopic (exact) mass is 295 g/mol. The van der Waals surface area contributed by atoms with Gasteiger partial charge in [-0.2, -0.15) is 5.10 Å². The fourth-order valence-corrected chi connectivity index (χ4v) is 2.31. The molecule has 0 spiro atoms. The number of fused-ring (bicyclic) bond motifs is 1. The highest BCUT2D eigenvalue weighted by molar-refractivity contribution is 6.00. The molecule has 1 atom stereocenters. The summed E-state index contributed by atoms with van der Waals surface area (Å²) in [5, 5.41) is 7.14. The summed E-state index contributed by atoms with van der Waals surface area (Å²) >= 11 is 0. The zero-order valence-electron chi connectivity index (χ0n) is 12.2. The zero-order chi connectivity index (χ0) is 15.5. The van der Waals surface area contributed by atoms with E-state index < -0.39 is 0 Å². The largest absolute Gasteiger partial charge is 0.344 e. The summed E-state index contributed by atoms with van der Waals surface area (Å²) in [6, 6.07) is 9.21.